The third-order valence-electron chi connectivity index (χ3n) is 6.13. The minimum absolute atomic E-state index is 0.0797. The molecule has 0 bridgehead atoms. The lowest BCUT2D eigenvalue weighted by Crippen LogP contribution is -2.26. The van der Waals surface area contributed by atoms with Crippen molar-refractivity contribution >= 4 is 23.3 Å². The van der Waals surface area contributed by atoms with Gasteiger partial charge in [-0.3, -0.25) is 0 Å². The lowest BCUT2D eigenvalue weighted by atomic mass is 10.0. The Kier molecular flexibility index (Phi) is 6.36. The molecule has 0 radical (unpaired) electrons. The minimum atomic E-state index is -0.568. The molecule has 180 valence electrons. The quantitative estimate of drug-likeness (QED) is 0.321. The van der Waals surface area contributed by atoms with Gasteiger partial charge in [0, 0.05) is 24.8 Å². The van der Waals surface area contributed by atoms with Crippen molar-refractivity contribution in [3.63, 3.8) is 0 Å². The average molecular weight is 478 g/mol. The zero-order valence-corrected chi connectivity index (χ0v) is 20.3. The number of nitrogen functional groups attached to an aromatic ring is 1. The van der Waals surface area contributed by atoms with E-state index in [2.05, 4.69) is 70.4 Å². The molecule has 2 heterocycles. The van der Waals surface area contributed by atoms with Gasteiger partial charge in [0.25, 0.3) is 0 Å². The number of carbonyl (C=O) groups excluding carboxylic acids is 1. The lowest BCUT2D eigenvalue weighted by molar-refractivity contribution is 0.0604. The lowest BCUT2D eigenvalue weighted by Gasteiger charge is -2.28. The Morgan fingerprint density at radius 1 is 0.917 bits per heavy atom. The van der Waals surface area contributed by atoms with Crippen molar-refractivity contribution in [3.05, 3.63) is 113 Å². The molecule has 2 aromatic heterocycles. The van der Waals surface area contributed by atoms with Gasteiger partial charge < -0.3 is 15.4 Å². The molecule has 5 rings (SSSR count). The fourth-order valence-corrected chi connectivity index (χ4v) is 4.34. The molecule has 0 amide bonds. The highest BCUT2D eigenvalue weighted by Gasteiger charge is 2.26. The Labute approximate surface area is 209 Å². The summed E-state index contributed by atoms with van der Waals surface area (Å²) in [7, 11) is 1.32. The standard InChI is InChI=1S/C29H27N5O2/c1-20-13-15-23(16-14-20)24-17-31-27-25(29(35)36-2)26(30)32-34(27)28(24)33(18-21-9-5-3-6-10-21)19-22-11-7-4-8-12-22/h3-17H,18-19H2,1-2H3,(H2,30,32). The highest BCUT2D eigenvalue weighted by molar-refractivity contribution is 6.01. The number of benzene rings is 3. The topological polar surface area (TPSA) is 85.8 Å². The van der Waals surface area contributed by atoms with Crippen LogP contribution in [0.15, 0.2) is 91.1 Å². The third kappa shape index (κ3) is 4.51. The van der Waals surface area contributed by atoms with E-state index in [1.165, 1.54) is 7.11 Å². The normalized spacial score (nSPS) is 10.9. The molecule has 0 aliphatic heterocycles. The van der Waals surface area contributed by atoms with Crippen LogP contribution in [-0.2, 0) is 17.8 Å². The number of carbonyl (C=O) groups is 1. The van der Waals surface area contributed by atoms with Crippen LogP contribution in [0.4, 0.5) is 11.6 Å². The first-order chi connectivity index (χ1) is 17.5. The minimum Gasteiger partial charge on any atom is -0.465 e. The van der Waals surface area contributed by atoms with Gasteiger partial charge in [-0.25, -0.2) is 9.78 Å². The van der Waals surface area contributed by atoms with Crippen molar-refractivity contribution in [2.45, 2.75) is 20.0 Å². The van der Waals surface area contributed by atoms with Gasteiger partial charge in [0.15, 0.2) is 11.5 Å². The van der Waals surface area contributed by atoms with E-state index >= 15 is 0 Å². The molecule has 0 spiro atoms. The number of esters is 1. The summed E-state index contributed by atoms with van der Waals surface area (Å²) in [6.07, 6.45) is 1.78. The van der Waals surface area contributed by atoms with Crippen LogP contribution in [0.1, 0.15) is 27.0 Å². The second-order valence-corrected chi connectivity index (χ2v) is 8.68. The number of fused-ring (bicyclic) bond motifs is 1. The second-order valence-electron chi connectivity index (χ2n) is 8.68. The first-order valence-corrected chi connectivity index (χ1v) is 11.7. The molecular formula is C29H27N5O2. The smallest absolute Gasteiger partial charge is 0.345 e. The fraction of sp³-hybridized carbons (Fsp3) is 0.138. The van der Waals surface area contributed by atoms with E-state index in [1.54, 1.807) is 10.7 Å². The predicted octanol–water partition coefficient (Wildman–Crippen LogP) is 5.28. The Morgan fingerprint density at radius 3 is 2.06 bits per heavy atom. The summed E-state index contributed by atoms with van der Waals surface area (Å²) in [5.41, 5.74) is 12.1. The summed E-state index contributed by atoms with van der Waals surface area (Å²) in [5, 5.41) is 4.58. The van der Waals surface area contributed by atoms with Gasteiger partial charge in [-0.05, 0) is 23.6 Å². The SMILES string of the molecule is COC(=O)c1c(N)nn2c(N(Cc3ccccc3)Cc3ccccc3)c(-c3ccc(C)cc3)cnc12. The molecular weight excluding hydrogens is 450 g/mol. The van der Waals surface area contributed by atoms with Crippen LogP contribution in [-0.4, -0.2) is 27.7 Å². The number of methoxy groups -OCH3 is 1. The van der Waals surface area contributed by atoms with E-state index in [1.807, 2.05) is 36.4 Å². The van der Waals surface area contributed by atoms with Gasteiger partial charge in [-0.15, -0.1) is 5.10 Å². The van der Waals surface area contributed by atoms with Crippen molar-refractivity contribution < 1.29 is 9.53 Å². The Hall–Kier alpha value is -4.65. The van der Waals surface area contributed by atoms with Crippen LogP contribution < -0.4 is 10.6 Å². The molecule has 36 heavy (non-hydrogen) atoms. The zero-order valence-electron chi connectivity index (χ0n) is 20.3. The van der Waals surface area contributed by atoms with Crippen LogP contribution in [0.3, 0.4) is 0 Å². The maximum absolute atomic E-state index is 12.6. The van der Waals surface area contributed by atoms with Gasteiger partial charge in [-0.1, -0.05) is 90.5 Å². The summed E-state index contributed by atoms with van der Waals surface area (Å²) in [6, 6.07) is 28.8. The average Bonchev–Trinajstić information content (AvgIpc) is 3.24. The third-order valence-corrected chi connectivity index (χ3v) is 6.13. The molecule has 7 nitrogen and oxygen atoms in total. The number of nitrogens with zero attached hydrogens (tertiary/aromatic N) is 4. The summed E-state index contributed by atoms with van der Waals surface area (Å²) >= 11 is 0. The first-order valence-electron chi connectivity index (χ1n) is 11.7. The zero-order chi connectivity index (χ0) is 25.1. The van der Waals surface area contributed by atoms with Gasteiger partial charge in [-0.2, -0.15) is 4.52 Å². The predicted molar refractivity (Wildman–Crippen MR) is 142 cm³/mol. The molecule has 0 atom stereocenters. The molecule has 0 aliphatic carbocycles. The summed E-state index contributed by atoms with van der Waals surface area (Å²) in [4.78, 5) is 19.4. The van der Waals surface area contributed by atoms with Crippen molar-refractivity contribution in [3.8, 4) is 11.1 Å². The van der Waals surface area contributed by atoms with E-state index in [-0.39, 0.29) is 11.4 Å². The monoisotopic (exact) mass is 477 g/mol. The fourth-order valence-electron chi connectivity index (χ4n) is 4.34. The molecule has 7 heteroatoms. The van der Waals surface area contributed by atoms with E-state index in [4.69, 9.17) is 10.5 Å². The Morgan fingerprint density at radius 2 is 1.50 bits per heavy atom. The van der Waals surface area contributed by atoms with E-state index in [0.29, 0.717) is 18.7 Å². The number of anilines is 2. The molecule has 0 unspecified atom stereocenters. The van der Waals surface area contributed by atoms with E-state index in [0.717, 1.165) is 33.6 Å². The second kappa shape index (κ2) is 9.92. The largest absolute Gasteiger partial charge is 0.465 e. The van der Waals surface area contributed by atoms with Crippen molar-refractivity contribution in [2.24, 2.45) is 0 Å². The number of rotatable bonds is 7. The molecule has 3 aromatic carbocycles. The summed E-state index contributed by atoms with van der Waals surface area (Å²) < 4.78 is 6.65. The van der Waals surface area contributed by atoms with Crippen molar-refractivity contribution in [2.75, 3.05) is 17.7 Å². The van der Waals surface area contributed by atoms with E-state index in [9.17, 15) is 4.79 Å². The van der Waals surface area contributed by atoms with Crippen molar-refractivity contribution in [1.82, 2.24) is 14.6 Å². The molecule has 0 aliphatic rings. The van der Waals surface area contributed by atoms with Crippen LogP contribution in [0.2, 0.25) is 0 Å². The highest BCUT2D eigenvalue weighted by atomic mass is 16.5. The molecule has 0 saturated carbocycles. The first kappa shape index (κ1) is 23.1. The number of aryl methyl sites for hydroxylation is 1. The summed E-state index contributed by atoms with van der Waals surface area (Å²) in [6.45, 7) is 3.28. The number of hydrogen-bond donors (Lipinski definition) is 1. The molecule has 0 saturated heterocycles. The number of nitrogens with two attached hydrogens (primary N) is 1. The molecule has 5 aromatic rings. The van der Waals surface area contributed by atoms with Crippen LogP contribution >= 0.6 is 0 Å². The molecule has 0 fully saturated rings. The van der Waals surface area contributed by atoms with Gasteiger partial charge >= 0.3 is 5.97 Å². The van der Waals surface area contributed by atoms with Gasteiger partial charge in [0.2, 0.25) is 0 Å². The van der Waals surface area contributed by atoms with Gasteiger partial charge in [0.05, 0.1) is 7.11 Å². The maximum atomic E-state index is 12.6. The molecule has 2 N–H and O–H groups in total. The van der Waals surface area contributed by atoms with Crippen LogP contribution in [0, 0.1) is 6.92 Å². The number of aromatic nitrogens is 3. The van der Waals surface area contributed by atoms with Crippen molar-refractivity contribution in [1.29, 1.82) is 0 Å². The van der Waals surface area contributed by atoms with Gasteiger partial charge in [0.1, 0.15) is 11.4 Å². The van der Waals surface area contributed by atoms with Crippen LogP contribution in [0.25, 0.3) is 16.8 Å². The number of hydrogen-bond acceptors (Lipinski definition) is 6. The Bertz CT molecular complexity index is 1450. The Balaban J connectivity index is 1.76. The number of ether oxygens (including phenoxy) is 1. The van der Waals surface area contributed by atoms with Crippen LogP contribution in [0.5, 0.6) is 0 Å². The van der Waals surface area contributed by atoms with E-state index < -0.39 is 5.97 Å². The maximum Gasteiger partial charge on any atom is 0.345 e. The summed E-state index contributed by atoms with van der Waals surface area (Å²) in [5.74, 6) is 0.302. The highest BCUT2D eigenvalue weighted by Crippen LogP contribution is 2.35.